The standard InChI is InChI=1S/C10H20BN3O2S/c1-7(15)8(4-13-2)3-9-5-17-10(14-9)11-16-6-12/h5,7-8,11,13,15H,3-4,6,12H2,1-2H3/t7-,8-/m1/s1. The number of thiazole rings is 1. The second-order valence-corrected chi connectivity index (χ2v) is 4.95. The summed E-state index contributed by atoms with van der Waals surface area (Å²) in [5.41, 5.74) is 6.26. The van der Waals surface area contributed by atoms with Gasteiger partial charge in [0.2, 0.25) is 0 Å². The molecule has 0 aliphatic heterocycles. The van der Waals surface area contributed by atoms with Gasteiger partial charge in [-0.3, -0.25) is 4.98 Å². The maximum absolute atomic E-state index is 9.65. The molecule has 1 heterocycles. The summed E-state index contributed by atoms with van der Waals surface area (Å²) in [5, 5.41) is 14.7. The van der Waals surface area contributed by atoms with E-state index in [0.29, 0.717) is 7.48 Å². The summed E-state index contributed by atoms with van der Waals surface area (Å²) in [6.45, 7) is 2.81. The highest BCUT2D eigenvalue weighted by molar-refractivity contribution is 7.18. The monoisotopic (exact) mass is 257 g/mol. The van der Waals surface area contributed by atoms with Gasteiger partial charge in [0.05, 0.1) is 23.4 Å². The van der Waals surface area contributed by atoms with Crippen LogP contribution in [-0.4, -0.2) is 44.0 Å². The van der Waals surface area contributed by atoms with Crippen molar-refractivity contribution in [1.29, 1.82) is 0 Å². The molecule has 1 rings (SSSR count). The molecule has 0 fully saturated rings. The summed E-state index contributed by atoms with van der Waals surface area (Å²) in [4.78, 5) is 5.38. The number of nitrogens with zero attached hydrogens (tertiary/aromatic N) is 1. The van der Waals surface area contributed by atoms with E-state index in [9.17, 15) is 5.11 Å². The Morgan fingerprint density at radius 1 is 1.71 bits per heavy atom. The van der Waals surface area contributed by atoms with Crippen molar-refractivity contribution in [2.75, 3.05) is 20.3 Å². The van der Waals surface area contributed by atoms with Crippen LogP contribution in [0.3, 0.4) is 0 Å². The lowest BCUT2D eigenvalue weighted by molar-refractivity contribution is 0.125. The van der Waals surface area contributed by atoms with Gasteiger partial charge < -0.3 is 20.8 Å². The molecule has 17 heavy (non-hydrogen) atoms. The van der Waals surface area contributed by atoms with Crippen molar-refractivity contribution in [1.82, 2.24) is 10.3 Å². The third-order valence-corrected chi connectivity index (χ3v) is 3.43. The number of hydrogen-bond acceptors (Lipinski definition) is 6. The van der Waals surface area contributed by atoms with Crippen LogP contribution < -0.4 is 16.0 Å². The molecule has 0 bridgehead atoms. The number of hydrogen-bond donors (Lipinski definition) is 3. The summed E-state index contributed by atoms with van der Waals surface area (Å²) in [7, 11) is 2.35. The maximum Gasteiger partial charge on any atom is 0.342 e. The summed E-state index contributed by atoms with van der Waals surface area (Å²) < 4.78 is 5.10. The van der Waals surface area contributed by atoms with E-state index in [0.717, 1.165) is 23.6 Å². The molecular weight excluding hydrogens is 237 g/mol. The fourth-order valence-corrected chi connectivity index (χ4v) is 2.34. The number of nitrogens with two attached hydrogens (primary N) is 1. The molecule has 0 aliphatic carbocycles. The van der Waals surface area contributed by atoms with E-state index in [1.165, 1.54) is 0 Å². The van der Waals surface area contributed by atoms with Crippen molar-refractivity contribution in [2.45, 2.75) is 19.4 Å². The summed E-state index contributed by atoms with van der Waals surface area (Å²) in [6, 6.07) is 0. The fourth-order valence-electron chi connectivity index (χ4n) is 1.60. The Balaban J connectivity index is 2.51. The molecular formula is C10H20BN3O2S. The van der Waals surface area contributed by atoms with Crippen molar-refractivity contribution < 1.29 is 9.76 Å². The van der Waals surface area contributed by atoms with Crippen LogP contribution in [0.5, 0.6) is 0 Å². The van der Waals surface area contributed by atoms with Crippen molar-refractivity contribution in [3.8, 4) is 0 Å². The first-order valence-electron chi connectivity index (χ1n) is 5.71. The summed E-state index contributed by atoms with van der Waals surface area (Å²) in [5.74, 6) is 0.186. The summed E-state index contributed by atoms with van der Waals surface area (Å²) >= 11 is 1.57. The number of aromatic nitrogens is 1. The zero-order chi connectivity index (χ0) is 12.7. The Hall–Kier alpha value is -0.465. The molecule has 5 nitrogen and oxygen atoms in total. The minimum Gasteiger partial charge on any atom is -0.420 e. The first-order chi connectivity index (χ1) is 8.17. The molecule has 0 aromatic carbocycles. The SMILES string of the molecule is CNC[C@@H](Cc1csc(BOCN)n1)[C@@H](C)O. The summed E-state index contributed by atoms with van der Waals surface area (Å²) in [6.07, 6.45) is 0.436. The molecule has 2 atom stereocenters. The van der Waals surface area contributed by atoms with Crippen LogP contribution >= 0.6 is 11.3 Å². The average Bonchev–Trinajstić information content (AvgIpc) is 2.73. The van der Waals surface area contributed by atoms with Gasteiger partial charge in [0.1, 0.15) is 0 Å². The molecule has 0 aliphatic rings. The highest BCUT2D eigenvalue weighted by Crippen LogP contribution is 2.11. The minimum atomic E-state index is -0.340. The predicted molar refractivity (Wildman–Crippen MR) is 71.8 cm³/mol. The second-order valence-electron chi connectivity index (χ2n) is 4.01. The maximum atomic E-state index is 9.65. The molecule has 1 aromatic rings. The van der Waals surface area contributed by atoms with Crippen LogP contribution in [0.4, 0.5) is 0 Å². The third-order valence-electron chi connectivity index (χ3n) is 2.56. The van der Waals surface area contributed by atoms with E-state index in [1.807, 2.05) is 19.4 Å². The molecule has 0 saturated carbocycles. The van der Waals surface area contributed by atoms with Gasteiger partial charge in [0, 0.05) is 17.8 Å². The minimum absolute atomic E-state index is 0.186. The molecule has 0 radical (unpaired) electrons. The molecule has 0 amide bonds. The van der Waals surface area contributed by atoms with Crippen LogP contribution in [0.2, 0.25) is 0 Å². The highest BCUT2D eigenvalue weighted by atomic mass is 32.1. The Bertz CT molecular complexity index is 322. The Morgan fingerprint density at radius 3 is 3.06 bits per heavy atom. The van der Waals surface area contributed by atoms with Crippen molar-refractivity contribution in [2.24, 2.45) is 11.7 Å². The lowest BCUT2D eigenvalue weighted by atomic mass is 9.98. The van der Waals surface area contributed by atoms with E-state index < -0.39 is 0 Å². The van der Waals surface area contributed by atoms with E-state index in [1.54, 1.807) is 11.3 Å². The van der Waals surface area contributed by atoms with Gasteiger partial charge in [-0.15, -0.1) is 11.3 Å². The lowest BCUT2D eigenvalue weighted by Gasteiger charge is -2.18. The van der Waals surface area contributed by atoms with Crippen molar-refractivity contribution in [3.63, 3.8) is 0 Å². The van der Waals surface area contributed by atoms with Gasteiger partial charge in [-0.1, -0.05) is 0 Å². The Kier molecular flexibility index (Phi) is 6.68. The fraction of sp³-hybridized carbons (Fsp3) is 0.700. The number of rotatable bonds is 8. The molecule has 0 saturated heterocycles. The van der Waals surface area contributed by atoms with Crippen LogP contribution in [0.1, 0.15) is 12.6 Å². The third kappa shape index (κ3) is 5.14. The lowest BCUT2D eigenvalue weighted by Crippen LogP contribution is -2.30. The predicted octanol–water partition coefficient (Wildman–Crippen LogP) is -1.19. The van der Waals surface area contributed by atoms with E-state index in [4.69, 9.17) is 10.4 Å². The van der Waals surface area contributed by atoms with Gasteiger partial charge in [0.25, 0.3) is 0 Å². The first kappa shape index (κ1) is 14.6. The van der Waals surface area contributed by atoms with Crippen LogP contribution in [0.25, 0.3) is 0 Å². The van der Waals surface area contributed by atoms with Crippen molar-refractivity contribution >= 4 is 23.7 Å². The first-order valence-corrected chi connectivity index (χ1v) is 6.59. The normalized spacial score (nSPS) is 14.6. The zero-order valence-corrected chi connectivity index (χ0v) is 11.2. The number of aliphatic hydroxyl groups is 1. The van der Waals surface area contributed by atoms with Crippen LogP contribution in [0.15, 0.2) is 5.38 Å². The molecule has 1 aromatic heterocycles. The molecule has 0 spiro atoms. The largest absolute Gasteiger partial charge is 0.420 e. The van der Waals surface area contributed by atoms with E-state index in [2.05, 4.69) is 10.3 Å². The average molecular weight is 257 g/mol. The topological polar surface area (TPSA) is 80.4 Å². The van der Waals surface area contributed by atoms with Gasteiger partial charge in [0.15, 0.2) is 0 Å². The molecule has 4 N–H and O–H groups in total. The Morgan fingerprint density at radius 2 is 2.47 bits per heavy atom. The zero-order valence-electron chi connectivity index (χ0n) is 10.3. The smallest absolute Gasteiger partial charge is 0.342 e. The molecule has 0 unspecified atom stereocenters. The quantitative estimate of drug-likeness (QED) is 0.403. The van der Waals surface area contributed by atoms with Crippen LogP contribution in [-0.2, 0) is 11.1 Å². The number of nitrogens with one attached hydrogen (secondary N) is 1. The molecule has 96 valence electrons. The highest BCUT2D eigenvalue weighted by Gasteiger charge is 2.16. The van der Waals surface area contributed by atoms with E-state index in [-0.39, 0.29) is 18.8 Å². The number of aliphatic hydroxyl groups excluding tert-OH is 1. The second kappa shape index (κ2) is 7.78. The Labute approximate surface area is 107 Å². The van der Waals surface area contributed by atoms with Gasteiger partial charge in [-0.25, -0.2) is 0 Å². The van der Waals surface area contributed by atoms with Gasteiger partial charge in [-0.2, -0.15) is 0 Å². The van der Waals surface area contributed by atoms with E-state index >= 15 is 0 Å². The molecule has 7 heteroatoms. The van der Waals surface area contributed by atoms with Crippen molar-refractivity contribution in [3.05, 3.63) is 11.1 Å². The van der Waals surface area contributed by atoms with Gasteiger partial charge >= 0.3 is 7.48 Å². The van der Waals surface area contributed by atoms with Gasteiger partial charge in [-0.05, 0) is 20.4 Å². The van der Waals surface area contributed by atoms with Crippen LogP contribution in [0, 0.1) is 5.92 Å².